The first kappa shape index (κ1) is 13.3. The fourth-order valence-corrected chi connectivity index (χ4v) is 2.11. The molecule has 0 aromatic heterocycles. The summed E-state index contributed by atoms with van der Waals surface area (Å²) in [4.78, 5) is 13.6. The lowest BCUT2D eigenvalue weighted by Gasteiger charge is -2.25. The van der Waals surface area contributed by atoms with Crippen LogP contribution in [0, 0.1) is 5.82 Å². The molecular weight excluding hydrogens is 255 g/mol. The predicted octanol–water partition coefficient (Wildman–Crippen LogP) is 2.32. The topological polar surface area (TPSA) is 46.3 Å². The number of rotatable bonds is 4. The summed E-state index contributed by atoms with van der Waals surface area (Å²) in [6.45, 7) is 1.83. The highest BCUT2D eigenvalue weighted by Crippen LogP contribution is 2.31. The van der Waals surface area contributed by atoms with E-state index in [-0.39, 0.29) is 24.3 Å². The minimum absolute atomic E-state index is 0.156. The molecule has 0 spiro atoms. The van der Waals surface area contributed by atoms with E-state index < -0.39 is 6.04 Å². The van der Waals surface area contributed by atoms with Crippen molar-refractivity contribution in [3.8, 4) is 0 Å². The van der Waals surface area contributed by atoms with Gasteiger partial charge in [-0.2, -0.15) is 0 Å². The Kier molecular flexibility index (Phi) is 3.88. The van der Waals surface area contributed by atoms with E-state index in [1.807, 2.05) is 0 Å². The molecule has 1 amide bonds. The van der Waals surface area contributed by atoms with Crippen LogP contribution in [0.15, 0.2) is 18.2 Å². The standard InChI is InChI=1S/C13H16ClFN2O/c1-8(16)13(18)17(9-5-6-9)7-10-11(14)3-2-4-12(10)15/h2-4,8-9H,5-7,16H2,1H3. The van der Waals surface area contributed by atoms with Crippen molar-refractivity contribution < 1.29 is 9.18 Å². The Morgan fingerprint density at radius 2 is 2.28 bits per heavy atom. The van der Waals surface area contributed by atoms with Crippen LogP contribution in [-0.4, -0.2) is 22.9 Å². The average Bonchev–Trinajstić information content (AvgIpc) is 3.12. The molecule has 2 rings (SSSR count). The predicted molar refractivity (Wildman–Crippen MR) is 68.6 cm³/mol. The van der Waals surface area contributed by atoms with Crippen molar-refractivity contribution >= 4 is 17.5 Å². The number of nitrogens with zero attached hydrogens (tertiary/aromatic N) is 1. The maximum absolute atomic E-state index is 13.7. The largest absolute Gasteiger partial charge is 0.334 e. The number of nitrogens with two attached hydrogens (primary N) is 1. The molecule has 18 heavy (non-hydrogen) atoms. The molecule has 0 aliphatic heterocycles. The van der Waals surface area contributed by atoms with Crippen molar-refractivity contribution in [2.45, 2.75) is 38.4 Å². The zero-order valence-corrected chi connectivity index (χ0v) is 11.0. The summed E-state index contributed by atoms with van der Waals surface area (Å²) < 4.78 is 13.7. The van der Waals surface area contributed by atoms with E-state index in [1.165, 1.54) is 6.07 Å². The molecule has 0 heterocycles. The third-order valence-electron chi connectivity index (χ3n) is 3.05. The first-order valence-corrected chi connectivity index (χ1v) is 6.37. The van der Waals surface area contributed by atoms with Crippen molar-refractivity contribution in [3.63, 3.8) is 0 Å². The molecule has 3 nitrogen and oxygen atoms in total. The third kappa shape index (κ3) is 2.82. The Bertz CT molecular complexity index is 440. The van der Waals surface area contributed by atoms with Crippen LogP contribution in [0.2, 0.25) is 5.02 Å². The van der Waals surface area contributed by atoms with Gasteiger partial charge in [-0.15, -0.1) is 0 Å². The summed E-state index contributed by atoms with van der Waals surface area (Å²) in [5.41, 5.74) is 5.98. The van der Waals surface area contributed by atoms with Gasteiger partial charge in [0.15, 0.2) is 0 Å². The summed E-state index contributed by atoms with van der Waals surface area (Å²) in [7, 11) is 0. The van der Waals surface area contributed by atoms with Crippen LogP contribution in [0.3, 0.4) is 0 Å². The minimum atomic E-state index is -0.573. The SMILES string of the molecule is CC(N)C(=O)N(Cc1c(F)cccc1Cl)C1CC1. The number of carbonyl (C=O) groups is 1. The van der Waals surface area contributed by atoms with Crippen LogP contribution >= 0.6 is 11.6 Å². The molecule has 1 aliphatic rings. The molecule has 0 saturated heterocycles. The molecule has 5 heteroatoms. The zero-order valence-electron chi connectivity index (χ0n) is 10.2. The van der Waals surface area contributed by atoms with Gasteiger partial charge in [0, 0.05) is 16.6 Å². The molecule has 1 saturated carbocycles. The maximum Gasteiger partial charge on any atom is 0.239 e. The average molecular weight is 271 g/mol. The highest BCUT2D eigenvalue weighted by atomic mass is 35.5. The summed E-state index contributed by atoms with van der Waals surface area (Å²) in [6, 6.07) is 4.13. The molecule has 0 radical (unpaired) electrons. The molecule has 2 N–H and O–H groups in total. The highest BCUT2D eigenvalue weighted by molar-refractivity contribution is 6.31. The summed E-state index contributed by atoms with van der Waals surface area (Å²) in [5.74, 6) is -0.539. The minimum Gasteiger partial charge on any atom is -0.334 e. The second-order valence-electron chi connectivity index (χ2n) is 4.69. The molecule has 0 bridgehead atoms. The molecule has 1 aromatic rings. The van der Waals surface area contributed by atoms with Gasteiger partial charge in [0.2, 0.25) is 5.91 Å². The summed E-state index contributed by atoms with van der Waals surface area (Å²) in [6.07, 6.45) is 1.90. The normalized spacial score (nSPS) is 16.4. The van der Waals surface area contributed by atoms with Crippen molar-refractivity contribution in [2.24, 2.45) is 5.73 Å². The first-order chi connectivity index (χ1) is 8.50. The van der Waals surface area contributed by atoms with Crippen LogP contribution in [0.4, 0.5) is 4.39 Å². The van der Waals surface area contributed by atoms with Gasteiger partial charge in [0.05, 0.1) is 12.6 Å². The first-order valence-electron chi connectivity index (χ1n) is 5.99. The smallest absolute Gasteiger partial charge is 0.239 e. The van der Waals surface area contributed by atoms with Gasteiger partial charge in [0.25, 0.3) is 0 Å². The van der Waals surface area contributed by atoms with E-state index in [4.69, 9.17) is 17.3 Å². The van der Waals surface area contributed by atoms with E-state index in [0.717, 1.165) is 12.8 Å². The van der Waals surface area contributed by atoms with E-state index in [1.54, 1.807) is 24.0 Å². The second kappa shape index (κ2) is 5.24. The van der Waals surface area contributed by atoms with Gasteiger partial charge >= 0.3 is 0 Å². The number of benzene rings is 1. The lowest BCUT2D eigenvalue weighted by atomic mass is 10.1. The van der Waals surface area contributed by atoms with Crippen LogP contribution in [0.25, 0.3) is 0 Å². The fraction of sp³-hybridized carbons (Fsp3) is 0.462. The van der Waals surface area contributed by atoms with Gasteiger partial charge in [0.1, 0.15) is 5.82 Å². The van der Waals surface area contributed by atoms with Crippen LogP contribution in [0.5, 0.6) is 0 Å². The number of amides is 1. The van der Waals surface area contributed by atoms with Gasteiger partial charge in [-0.05, 0) is 31.9 Å². The number of hydrogen-bond donors (Lipinski definition) is 1. The number of carbonyl (C=O) groups excluding carboxylic acids is 1. The van der Waals surface area contributed by atoms with E-state index in [0.29, 0.717) is 10.6 Å². The quantitative estimate of drug-likeness (QED) is 0.913. The Morgan fingerprint density at radius 3 is 2.78 bits per heavy atom. The Labute approximate surface area is 111 Å². The Morgan fingerprint density at radius 1 is 1.61 bits per heavy atom. The molecule has 1 unspecified atom stereocenters. The monoisotopic (exact) mass is 270 g/mol. The molecule has 1 fully saturated rings. The third-order valence-corrected chi connectivity index (χ3v) is 3.40. The zero-order chi connectivity index (χ0) is 13.3. The highest BCUT2D eigenvalue weighted by Gasteiger charge is 2.34. The van der Waals surface area contributed by atoms with E-state index in [2.05, 4.69) is 0 Å². The lowest BCUT2D eigenvalue weighted by molar-refractivity contribution is -0.133. The molecule has 1 aromatic carbocycles. The van der Waals surface area contributed by atoms with Gasteiger partial charge in [-0.1, -0.05) is 17.7 Å². The fourth-order valence-electron chi connectivity index (χ4n) is 1.89. The molecule has 98 valence electrons. The van der Waals surface area contributed by atoms with Crippen LogP contribution in [0.1, 0.15) is 25.3 Å². The van der Waals surface area contributed by atoms with Gasteiger partial charge in [-0.3, -0.25) is 4.79 Å². The molecule has 1 aliphatic carbocycles. The van der Waals surface area contributed by atoms with Crippen LogP contribution < -0.4 is 5.73 Å². The number of hydrogen-bond acceptors (Lipinski definition) is 2. The van der Waals surface area contributed by atoms with Crippen molar-refractivity contribution in [1.29, 1.82) is 0 Å². The van der Waals surface area contributed by atoms with Crippen molar-refractivity contribution in [3.05, 3.63) is 34.6 Å². The van der Waals surface area contributed by atoms with Crippen molar-refractivity contribution in [1.82, 2.24) is 4.90 Å². The Balaban J connectivity index is 2.21. The summed E-state index contributed by atoms with van der Waals surface area (Å²) in [5, 5.41) is 0.345. The van der Waals surface area contributed by atoms with Crippen molar-refractivity contribution in [2.75, 3.05) is 0 Å². The van der Waals surface area contributed by atoms with Crippen LogP contribution in [-0.2, 0) is 11.3 Å². The maximum atomic E-state index is 13.7. The number of halogens is 2. The van der Waals surface area contributed by atoms with E-state index >= 15 is 0 Å². The summed E-state index contributed by atoms with van der Waals surface area (Å²) >= 11 is 5.97. The lowest BCUT2D eigenvalue weighted by Crippen LogP contribution is -2.43. The Hall–Kier alpha value is -1.13. The van der Waals surface area contributed by atoms with Gasteiger partial charge in [-0.25, -0.2) is 4.39 Å². The second-order valence-corrected chi connectivity index (χ2v) is 5.09. The molecule has 1 atom stereocenters. The van der Waals surface area contributed by atoms with E-state index in [9.17, 15) is 9.18 Å². The van der Waals surface area contributed by atoms with Gasteiger partial charge < -0.3 is 10.6 Å². The molecular formula is C13H16ClFN2O.